The minimum absolute atomic E-state index is 0.0103. The Morgan fingerprint density at radius 2 is 2.05 bits per heavy atom. The number of benzene rings is 1. The zero-order valence-electron chi connectivity index (χ0n) is 11.2. The predicted octanol–water partition coefficient (Wildman–Crippen LogP) is 2.06. The van der Waals surface area contributed by atoms with E-state index in [-0.39, 0.29) is 22.6 Å². The highest BCUT2D eigenvalue weighted by molar-refractivity contribution is 7.80. The number of hydrogen-bond acceptors (Lipinski definition) is 3. The number of rotatable bonds is 2. The van der Waals surface area contributed by atoms with Gasteiger partial charge < -0.3 is 15.7 Å². The van der Waals surface area contributed by atoms with E-state index in [9.17, 15) is 14.3 Å². The standard InChI is InChI=1S/C14H17FN2O2S/c1-14(13(16)20)4-6-17(7-5-14)12(19)10-8-9(15)2-3-11(10)18/h2-3,8,18H,4-7H2,1H3,(H2,16,20). The number of phenolic OH excluding ortho intramolecular Hbond substituents is 1. The van der Waals surface area contributed by atoms with Gasteiger partial charge in [0.05, 0.1) is 10.6 Å². The van der Waals surface area contributed by atoms with Gasteiger partial charge in [0.2, 0.25) is 0 Å². The minimum atomic E-state index is -0.545. The lowest BCUT2D eigenvalue weighted by atomic mass is 9.80. The average Bonchev–Trinajstić information content (AvgIpc) is 2.41. The molecule has 1 saturated heterocycles. The van der Waals surface area contributed by atoms with Crippen LogP contribution in [0.15, 0.2) is 18.2 Å². The Morgan fingerprint density at radius 1 is 1.45 bits per heavy atom. The summed E-state index contributed by atoms with van der Waals surface area (Å²) in [6.07, 6.45) is 1.34. The van der Waals surface area contributed by atoms with Crippen molar-refractivity contribution in [3.05, 3.63) is 29.6 Å². The maximum absolute atomic E-state index is 13.2. The lowest BCUT2D eigenvalue weighted by Gasteiger charge is -2.38. The largest absolute Gasteiger partial charge is 0.507 e. The van der Waals surface area contributed by atoms with Gasteiger partial charge in [-0.2, -0.15) is 0 Å². The monoisotopic (exact) mass is 296 g/mol. The number of halogens is 1. The molecule has 1 aliphatic rings. The molecule has 0 saturated carbocycles. The second-order valence-electron chi connectivity index (χ2n) is 5.38. The number of amides is 1. The fraction of sp³-hybridized carbons (Fsp3) is 0.429. The molecule has 0 atom stereocenters. The van der Waals surface area contributed by atoms with Gasteiger partial charge in [0, 0.05) is 18.5 Å². The van der Waals surface area contributed by atoms with E-state index in [4.69, 9.17) is 18.0 Å². The molecule has 1 aliphatic heterocycles. The number of phenols is 1. The number of likely N-dealkylation sites (tertiary alicyclic amines) is 1. The van der Waals surface area contributed by atoms with Crippen LogP contribution in [0.5, 0.6) is 5.75 Å². The molecule has 1 amide bonds. The Labute approximate surface area is 122 Å². The van der Waals surface area contributed by atoms with Crippen LogP contribution in [0.25, 0.3) is 0 Å². The van der Waals surface area contributed by atoms with Gasteiger partial charge in [-0.25, -0.2) is 4.39 Å². The smallest absolute Gasteiger partial charge is 0.257 e. The molecule has 0 aromatic heterocycles. The summed E-state index contributed by atoms with van der Waals surface area (Å²) in [6.45, 7) is 2.96. The maximum atomic E-state index is 13.2. The van der Waals surface area contributed by atoms with Gasteiger partial charge in [0.25, 0.3) is 5.91 Å². The summed E-state index contributed by atoms with van der Waals surface area (Å²) < 4.78 is 13.2. The Kier molecular flexibility index (Phi) is 3.94. The van der Waals surface area contributed by atoms with Crippen molar-refractivity contribution in [2.45, 2.75) is 19.8 Å². The molecule has 6 heteroatoms. The quantitative estimate of drug-likeness (QED) is 0.820. The van der Waals surface area contributed by atoms with Crippen LogP contribution in [0.1, 0.15) is 30.1 Å². The van der Waals surface area contributed by atoms with Gasteiger partial charge in [0.1, 0.15) is 11.6 Å². The Hall–Kier alpha value is -1.69. The molecule has 4 nitrogen and oxygen atoms in total. The zero-order valence-corrected chi connectivity index (χ0v) is 12.0. The van der Waals surface area contributed by atoms with Crippen LogP contribution in [0.2, 0.25) is 0 Å². The number of piperidine rings is 1. The number of nitrogens with zero attached hydrogens (tertiary/aromatic N) is 1. The molecular formula is C14H17FN2O2S. The van der Waals surface area contributed by atoms with Crippen LogP contribution in [0.4, 0.5) is 4.39 Å². The van der Waals surface area contributed by atoms with Gasteiger partial charge in [-0.05, 0) is 31.0 Å². The highest BCUT2D eigenvalue weighted by Gasteiger charge is 2.34. The van der Waals surface area contributed by atoms with Crippen LogP contribution in [0.3, 0.4) is 0 Å². The molecule has 0 unspecified atom stereocenters. The van der Waals surface area contributed by atoms with Gasteiger partial charge in [-0.1, -0.05) is 19.1 Å². The summed E-state index contributed by atoms with van der Waals surface area (Å²) in [5.41, 5.74) is 5.47. The van der Waals surface area contributed by atoms with Crippen LogP contribution in [-0.2, 0) is 0 Å². The summed E-state index contributed by atoms with van der Waals surface area (Å²) in [5, 5.41) is 9.67. The molecule has 1 heterocycles. The second-order valence-corrected chi connectivity index (χ2v) is 5.82. The molecule has 1 aromatic carbocycles. The van der Waals surface area contributed by atoms with Gasteiger partial charge in [0.15, 0.2) is 0 Å². The molecular weight excluding hydrogens is 279 g/mol. The number of carbonyl (C=O) groups is 1. The van der Waals surface area contributed by atoms with E-state index in [1.54, 1.807) is 4.90 Å². The summed E-state index contributed by atoms with van der Waals surface area (Å²) in [6, 6.07) is 3.36. The zero-order chi connectivity index (χ0) is 14.9. The summed E-state index contributed by atoms with van der Waals surface area (Å²) in [7, 11) is 0. The number of nitrogens with two attached hydrogens (primary N) is 1. The number of hydrogen-bond donors (Lipinski definition) is 2. The van der Waals surface area contributed by atoms with Crippen LogP contribution < -0.4 is 5.73 Å². The first-order valence-electron chi connectivity index (χ1n) is 6.41. The third-order valence-electron chi connectivity index (χ3n) is 3.94. The third kappa shape index (κ3) is 2.75. The van der Waals surface area contributed by atoms with Crippen molar-refractivity contribution >= 4 is 23.1 Å². The van der Waals surface area contributed by atoms with Crippen LogP contribution in [-0.4, -0.2) is 34.0 Å². The molecule has 2 rings (SSSR count). The fourth-order valence-corrected chi connectivity index (χ4v) is 2.50. The lowest BCUT2D eigenvalue weighted by Crippen LogP contribution is -2.46. The van der Waals surface area contributed by atoms with Crippen LogP contribution >= 0.6 is 12.2 Å². The van der Waals surface area contributed by atoms with Crippen molar-refractivity contribution < 1.29 is 14.3 Å². The van der Waals surface area contributed by atoms with E-state index in [1.165, 1.54) is 6.07 Å². The molecule has 108 valence electrons. The Balaban J connectivity index is 2.13. The van der Waals surface area contributed by atoms with Crippen LogP contribution in [0, 0.1) is 11.2 Å². The third-order valence-corrected chi connectivity index (χ3v) is 4.43. The molecule has 3 N–H and O–H groups in total. The highest BCUT2D eigenvalue weighted by atomic mass is 32.1. The highest BCUT2D eigenvalue weighted by Crippen LogP contribution is 2.32. The van der Waals surface area contributed by atoms with Gasteiger partial charge in [-0.15, -0.1) is 0 Å². The van der Waals surface area contributed by atoms with E-state index in [1.807, 2.05) is 6.92 Å². The summed E-state index contributed by atoms with van der Waals surface area (Å²) in [4.78, 5) is 14.3. The van der Waals surface area contributed by atoms with Gasteiger partial charge in [-0.3, -0.25) is 4.79 Å². The lowest BCUT2D eigenvalue weighted by molar-refractivity contribution is 0.0666. The van der Waals surface area contributed by atoms with E-state index < -0.39 is 5.82 Å². The van der Waals surface area contributed by atoms with E-state index in [0.717, 1.165) is 12.1 Å². The average molecular weight is 296 g/mol. The van der Waals surface area contributed by atoms with Crippen molar-refractivity contribution in [3.63, 3.8) is 0 Å². The SMILES string of the molecule is CC1(C(N)=S)CCN(C(=O)c2cc(F)ccc2O)CC1. The first kappa shape index (κ1) is 14.7. The molecule has 0 radical (unpaired) electrons. The predicted molar refractivity (Wildman–Crippen MR) is 78.1 cm³/mol. The van der Waals surface area contributed by atoms with Crippen molar-refractivity contribution in [3.8, 4) is 5.75 Å². The molecule has 0 spiro atoms. The summed E-state index contributed by atoms with van der Waals surface area (Å²) in [5.74, 6) is -1.12. The topological polar surface area (TPSA) is 66.6 Å². The number of aromatic hydroxyl groups is 1. The van der Waals surface area contributed by atoms with E-state index >= 15 is 0 Å². The Morgan fingerprint density at radius 3 is 2.60 bits per heavy atom. The maximum Gasteiger partial charge on any atom is 0.257 e. The van der Waals surface area contributed by atoms with Crippen molar-refractivity contribution in [2.75, 3.05) is 13.1 Å². The summed E-state index contributed by atoms with van der Waals surface area (Å²) >= 11 is 5.05. The van der Waals surface area contributed by atoms with Crippen molar-refractivity contribution in [2.24, 2.45) is 11.1 Å². The molecule has 0 bridgehead atoms. The fourth-order valence-electron chi connectivity index (χ4n) is 2.30. The van der Waals surface area contributed by atoms with Gasteiger partial charge >= 0.3 is 0 Å². The number of thiocarbonyl (C=S) groups is 1. The van der Waals surface area contributed by atoms with Crippen molar-refractivity contribution in [1.82, 2.24) is 4.90 Å². The molecule has 0 aliphatic carbocycles. The molecule has 20 heavy (non-hydrogen) atoms. The molecule has 1 fully saturated rings. The number of carbonyl (C=O) groups excluding carboxylic acids is 1. The Bertz CT molecular complexity index is 554. The van der Waals surface area contributed by atoms with E-state index in [0.29, 0.717) is 30.9 Å². The first-order chi connectivity index (χ1) is 9.33. The molecule has 1 aromatic rings. The minimum Gasteiger partial charge on any atom is -0.507 e. The first-order valence-corrected chi connectivity index (χ1v) is 6.82. The van der Waals surface area contributed by atoms with E-state index in [2.05, 4.69) is 0 Å². The second kappa shape index (κ2) is 5.36. The normalized spacial score (nSPS) is 17.8. The van der Waals surface area contributed by atoms with Crippen molar-refractivity contribution in [1.29, 1.82) is 0 Å².